The van der Waals surface area contributed by atoms with Gasteiger partial charge >= 0.3 is 7.60 Å². The predicted octanol–water partition coefficient (Wildman–Crippen LogP) is 1.21. The standard InChI is InChI=1S/C17H24ClN4O7P/c18-13-5-11(20-9-3-1-2-4-9)10-6-19-22(16(10)21-13)17-15(24)14(23)12(29-17)7-28-8-30(25,26)27/h5-6,9,12,14-15,17,23-24H,1-4,7-8H2,(H,20,21)(H2,25,26,27)/t12-,14-,15-,17-/m1/s1. The van der Waals surface area contributed by atoms with Crippen LogP contribution >= 0.6 is 19.2 Å². The maximum atomic E-state index is 10.9. The van der Waals surface area contributed by atoms with Crippen LogP contribution in [-0.2, 0) is 14.0 Å². The summed E-state index contributed by atoms with van der Waals surface area (Å²) in [5.41, 5.74) is 1.17. The SMILES string of the molecule is O=P(O)(O)COC[C@H]1O[C@@H](n2ncc3c(NC4CCCC4)cc(Cl)nc32)[C@H](O)[C@@H]1O. The van der Waals surface area contributed by atoms with Crippen LogP contribution in [0.4, 0.5) is 5.69 Å². The van der Waals surface area contributed by atoms with Crippen molar-refractivity contribution in [1.82, 2.24) is 14.8 Å². The number of fused-ring (bicyclic) bond motifs is 1. The molecule has 13 heteroatoms. The molecule has 0 bridgehead atoms. The van der Waals surface area contributed by atoms with Crippen molar-refractivity contribution < 1.29 is 34.0 Å². The lowest BCUT2D eigenvalue weighted by Gasteiger charge is -2.17. The van der Waals surface area contributed by atoms with Crippen molar-refractivity contribution in [1.29, 1.82) is 0 Å². The lowest BCUT2D eigenvalue weighted by Crippen LogP contribution is -2.34. The van der Waals surface area contributed by atoms with Gasteiger partial charge in [0.05, 0.1) is 23.9 Å². The van der Waals surface area contributed by atoms with Gasteiger partial charge in [0.25, 0.3) is 0 Å². The lowest BCUT2D eigenvalue weighted by molar-refractivity contribution is -0.0658. The number of ether oxygens (including phenoxy) is 2. The highest BCUT2D eigenvalue weighted by Crippen LogP contribution is 2.36. The molecule has 2 aromatic heterocycles. The van der Waals surface area contributed by atoms with Gasteiger partial charge < -0.3 is 34.8 Å². The van der Waals surface area contributed by atoms with Crippen LogP contribution in [0, 0.1) is 0 Å². The summed E-state index contributed by atoms with van der Waals surface area (Å²) in [7, 11) is -4.35. The number of nitrogens with one attached hydrogen (secondary N) is 1. The highest BCUT2D eigenvalue weighted by atomic mass is 35.5. The fourth-order valence-electron chi connectivity index (χ4n) is 3.94. The largest absolute Gasteiger partial charge is 0.387 e. The molecule has 1 saturated carbocycles. The summed E-state index contributed by atoms with van der Waals surface area (Å²) in [6.07, 6.45) is 0.538. The Labute approximate surface area is 177 Å². The minimum Gasteiger partial charge on any atom is -0.387 e. The number of aromatic nitrogens is 3. The van der Waals surface area contributed by atoms with Gasteiger partial charge in [-0.05, 0) is 18.9 Å². The van der Waals surface area contributed by atoms with Crippen molar-refractivity contribution in [3.63, 3.8) is 0 Å². The number of nitrogens with zero attached hydrogens (tertiary/aromatic N) is 3. The molecule has 2 aliphatic rings. The summed E-state index contributed by atoms with van der Waals surface area (Å²) in [6, 6.07) is 2.08. The molecular weight excluding hydrogens is 439 g/mol. The van der Waals surface area contributed by atoms with Gasteiger partial charge in [-0.1, -0.05) is 24.4 Å². The number of hydrogen-bond donors (Lipinski definition) is 5. The van der Waals surface area contributed by atoms with Crippen molar-refractivity contribution in [2.75, 3.05) is 18.3 Å². The molecule has 11 nitrogen and oxygen atoms in total. The molecule has 4 rings (SSSR count). The Bertz CT molecular complexity index is 948. The van der Waals surface area contributed by atoms with Crippen LogP contribution in [0.1, 0.15) is 31.9 Å². The van der Waals surface area contributed by atoms with Crippen LogP contribution < -0.4 is 5.32 Å². The maximum Gasteiger partial charge on any atom is 0.350 e. The van der Waals surface area contributed by atoms with Crippen LogP contribution in [0.3, 0.4) is 0 Å². The minimum atomic E-state index is -4.35. The molecule has 0 amide bonds. The average molecular weight is 463 g/mol. The molecule has 4 atom stereocenters. The third-order valence-electron chi connectivity index (χ3n) is 5.37. The molecule has 0 radical (unpaired) electrons. The van der Waals surface area contributed by atoms with Gasteiger partial charge in [0.15, 0.2) is 11.9 Å². The Morgan fingerprint density at radius 3 is 2.73 bits per heavy atom. The van der Waals surface area contributed by atoms with Gasteiger partial charge in [0.1, 0.15) is 29.8 Å². The van der Waals surface area contributed by atoms with E-state index >= 15 is 0 Å². The highest BCUT2D eigenvalue weighted by molar-refractivity contribution is 7.51. The van der Waals surface area contributed by atoms with Crippen LogP contribution in [0.5, 0.6) is 0 Å². The van der Waals surface area contributed by atoms with Crippen LogP contribution in [0.15, 0.2) is 12.3 Å². The van der Waals surface area contributed by atoms with Crippen molar-refractivity contribution in [3.05, 3.63) is 17.4 Å². The topological polar surface area (TPSA) is 159 Å². The second-order valence-electron chi connectivity index (χ2n) is 7.66. The number of pyridine rings is 1. The number of hydrogen-bond acceptors (Lipinski definition) is 8. The van der Waals surface area contributed by atoms with Crippen molar-refractivity contribution >= 4 is 35.9 Å². The van der Waals surface area contributed by atoms with Crippen molar-refractivity contribution in [3.8, 4) is 0 Å². The first-order valence-electron chi connectivity index (χ1n) is 9.67. The Hall–Kier alpha value is -1.30. The molecule has 166 valence electrons. The van der Waals surface area contributed by atoms with Gasteiger partial charge in [-0.3, -0.25) is 4.57 Å². The van der Waals surface area contributed by atoms with E-state index in [2.05, 4.69) is 15.4 Å². The van der Waals surface area contributed by atoms with Gasteiger partial charge in [-0.2, -0.15) is 5.10 Å². The Kier molecular flexibility index (Phi) is 6.34. The number of aliphatic hydroxyl groups excluding tert-OH is 2. The summed E-state index contributed by atoms with van der Waals surface area (Å²) in [6.45, 7) is -0.304. The first-order valence-corrected chi connectivity index (χ1v) is 11.8. The summed E-state index contributed by atoms with van der Waals surface area (Å²) in [5, 5.41) is 29.5. The van der Waals surface area contributed by atoms with Crippen LogP contribution in [-0.4, -0.2) is 72.1 Å². The van der Waals surface area contributed by atoms with E-state index in [1.165, 1.54) is 17.5 Å². The van der Waals surface area contributed by atoms with Gasteiger partial charge in [-0.25, -0.2) is 9.67 Å². The fraction of sp³-hybridized carbons (Fsp3) is 0.647. The van der Waals surface area contributed by atoms with E-state index < -0.39 is 38.5 Å². The molecule has 0 unspecified atom stereocenters. The third kappa shape index (κ3) is 4.63. The Balaban J connectivity index is 1.55. The molecule has 1 saturated heterocycles. The normalized spacial score (nSPS) is 27.9. The van der Waals surface area contributed by atoms with E-state index in [1.807, 2.05) is 0 Å². The average Bonchev–Trinajstić information content (AvgIpc) is 3.37. The summed E-state index contributed by atoms with van der Waals surface area (Å²) in [5.74, 6) is 0. The van der Waals surface area contributed by atoms with E-state index in [4.69, 9.17) is 30.9 Å². The first kappa shape index (κ1) is 21.9. The smallest absolute Gasteiger partial charge is 0.350 e. The summed E-state index contributed by atoms with van der Waals surface area (Å²) >= 11 is 6.21. The van der Waals surface area contributed by atoms with E-state index in [9.17, 15) is 14.8 Å². The molecular formula is C17H24ClN4O7P. The minimum absolute atomic E-state index is 0.249. The summed E-state index contributed by atoms with van der Waals surface area (Å²) in [4.78, 5) is 22.1. The van der Waals surface area contributed by atoms with Gasteiger partial charge in [-0.15, -0.1) is 0 Å². The Morgan fingerprint density at radius 1 is 1.30 bits per heavy atom. The number of anilines is 1. The number of aliphatic hydroxyl groups is 2. The van der Waals surface area contributed by atoms with Crippen molar-refractivity contribution in [2.45, 2.75) is 56.3 Å². The predicted molar refractivity (Wildman–Crippen MR) is 107 cm³/mol. The van der Waals surface area contributed by atoms with E-state index in [1.54, 1.807) is 12.3 Å². The zero-order chi connectivity index (χ0) is 21.5. The molecule has 1 aliphatic heterocycles. The molecule has 2 aromatic rings. The van der Waals surface area contributed by atoms with Gasteiger partial charge in [0, 0.05) is 6.04 Å². The maximum absolute atomic E-state index is 10.9. The first-order chi connectivity index (χ1) is 14.2. The highest BCUT2D eigenvalue weighted by Gasteiger charge is 2.45. The molecule has 1 aliphatic carbocycles. The monoisotopic (exact) mass is 462 g/mol. The molecule has 0 aromatic carbocycles. The van der Waals surface area contributed by atoms with Crippen LogP contribution in [0.25, 0.3) is 11.0 Å². The fourth-order valence-corrected chi connectivity index (χ4v) is 4.47. The third-order valence-corrected chi connectivity index (χ3v) is 6.08. The van der Waals surface area contributed by atoms with E-state index in [0.29, 0.717) is 17.1 Å². The zero-order valence-corrected chi connectivity index (χ0v) is 17.6. The van der Waals surface area contributed by atoms with E-state index in [-0.39, 0.29) is 11.8 Å². The quantitative estimate of drug-likeness (QED) is 0.299. The number of halogens is 1. The molecule has 2 fully saturated rings. The molecule has 0 spiro atoms. The second-order valence-corrected chi connectivity index (χ2v) is 9.63. The van der Waals surface area contributed by atoms with Gasteiger partial charge in [0.2, 0.25) is 0 Å². The van der Waals surface area contributed by atoms with Crippen LogP contribution in [0.2, 0.25) is 5.15 Å². The zero-order valence-electron chi connectivity index (χ0n) is 16.0. The van der Waals surface area contributed by atoms with E-state index in [0.717, 1.165) is 18.5 Å². The Morgan fingerprint density at radius 2 is 2.03 bits per heavy atom. The summed E-state index contributed by atoms with van der Waals surface area (Å²) < 4.78 is 22.9. The lowest BCUT2D eigenvalue weighted by atomic mass is 10.1. The molecule has 30 heavy (non-hydrogen) atoms. The second kappa shape index (κ2) is 8.68. The van der Waals surface area contributed by atoms with Crippen molar-refractivity contribution in [2.24, 2.45) is 0 Å². The molecule has 3 heterocycles. The number of rotatable bonds is 7. The molecule has 5 N–H and O–H groups in total.